The number of benzene rings is 3. The Hall–Kier alpha value is -2.79. The molecule has 1 aromatic heterocycles. The van der Waals surface area contributed by atoms with Crippen molar-refractivity contribution in [3.05, 3.63) is 102 Å². The SMILES string of the molecule is COc1cc([C@H](C[N+](=O)[O-])Sc2nnc(C)n2-c2ccc(Cl)cc2)cc(Br)c1OCc1ccc(Cl)cc1. The van der Waals surface area contributed by atoms with Gasteiger partial charge in [-0.25, -0.2) is 0 Å². The van der Waals surface area contributed by atoms with E-state index in [2.05, 4.69) is 26.1 Å². The fraction of sp³-hybridized carbons (Fsp3) is 0.200. The highest BCUT2D eigenvalue weighted by Crippen LogP contribution is 2.43. The van der Waals surface area contributed by atoms with Gasteiger partial charge in [0.05, 0.1) is 11.6 Å². The first-order chi connectivity index (χ1) is 17.7. The number of ether oxygens (including phenoxy) is 2. The molecule has 4 aromatic rings. The predicted molar refractivity (Wildman–Crippen MR) is 148 cm³/mol. The zero-order valence-electron chi connectivity index (χ0n) is 19.7. The molecule has 3 aromatic carbocycles. The molecule has 1 atom stereocenters. The summed E-state index contributed by atoms with van der Waals surface area (Å²) in [5.41, 5.74) is 2.41. The third-order valence-corrected chi connectivity index (χ3v) is 7.64. The average molecular weight is 624 g/mol. The topological polar surface area (TPSA) is 92.3 Å². The summed E-state index contributed by atoms with van der Waals surface area (Å²) in [6, 6.07) is 18.1. The molecule has 192 valence electrons. The Kier molecular flexibility index (Phi) is 8.96. The lowest BCUT2D eigenvalue weighted by Gasteiger charge is -2.18. The first kappa shape index (κ1) is 27.3. The van der Waals surface area contributed by atoms with Crippen LogP contribution in [-0.2, 0) is 6.61 Å². The summed E-state index contributed by atoms with van der Waals surface area (Å²) in [5.74, 6) is 1.59. The fourth-order valence-corrected chi connectivity index (χ4v) is 5.56. The van der Waals surface area contributed by atoms with E-state index in [-0.39, 0.29) is 11.5 Å². The Balaban J connectivity index is 1.64. The van der Waals surface area contributed by atoms with Gasteiger partial charge in [0.1, 0.15) is 17.7 Å². The van der Waals surface area contributed by atoms with Crippen molar-refractivity contribution in [2.75, 3.05) is 13.7 Å². The molecule has 1 heterocycles. The molecule has 0 saturated heterocycles. The first-order valence-corrected chi connectivity index (χ1v) is 13.4. The number of aromatic nitrogens is 3. The molecule has 0 aliphatic heterocycles. The first-order valence-electron chi connectivity index (χ1n) is 11.0. The summed E-state index contributed by atoms with van der Waals surface area (Å²) in [7, 11) is 1.52. The Bertz CT molecular complexity index is 1400. The van der Waals surface area contributed by atoms with E-state index >= 15 is 0 Å². The van der Waals surface area contributed by atoms with Gasteiger partial charge < -0.3 is 9.47 Å². The molecule has 0 aliphatic rings. The van der Waals surface area contributed by atoms with Crippen LogP contribution in [0.5, 0.6) is 11.5 Å². The minimum atomic E-state index is -0.583. The molecule has 12 heteroatoms. The van der Waals surface area contributed by atoms with Gasteiger partial charge in [-0.2, -0.15) is 0 Å². The van der Waals surface area contributed by atoms with Crippen LogP contribution in [0, 0.1) is 17.0 Å². The summed E-state index contributed by atoms with van der Waals surface area (Å²) in [6.45, 7) is 1.78. The van der Waals surface area contributed by atoms with Crippen LogP contribution in [0.2, 0.25) is 10.0 Å². The van der Waals surface area contributed by atoms with Crippen LogP contribution >= 0.6 is 50.9 Å². The van der Waals surface area contributed by atoms with Crippen molar-refractivity contribution < 1.29 is 14.4 Å². The molecular formula is C25H21BrCl2N4O4S. The molecule has 0 radical (unpaired) electrons. The van der Waals surface area contributed by atoms with E-state index < -0.39 is 5.25 Å². The van der Waals surface area contributed by atoms with Crippen molar-refractivity contribution >= 4 is 50.9 Å². The summed E-state index contributed by atoms with van der Waals surface area (Å²) in [5, 5.41) is 21.3. The van der Waals surface area contributed by atoms with E-state index in [1.54, 1.807) is 36.4 Å². The van der Waals surface area contributed by atoms with Gasteiger partial charge in [-0.1, -0.05) is 47.1 Å². The summed E-state index contributed by atoms with van der Waals surface area (Å²) >= 11 is 16.8. The number of hydrogen-bond acceptors (Lipinski definition) is 7. The lowest BCUT2D eigenvalue weighted by atomic mass is 10.1. The Morgan fingerprint density at radius 1 is 1.08 bits per heavy atom. The predicted octanol–water partition coefficient (Wildman–Crippen LogP) is 7.34. The van der Waals surface area contributed by atoms with E-state index in [4.69, 9.17) is 32.7 Å². The molecule has 4 rings (SSSR count). The summed E-state index contributed by atoms with van der Waals surface area (Å²) < 4.78 is 14.1. The van der Waals surface area contributed by atoms with E-state index in [9.17, 15) is 10.1 Å². The number of nitro groups is 1. The van der Waals surface area contributed by atoms with E-state index in [0.29, 0.717) is 49.2 Å². The molecule has 0 aliphatic carbocycles. The molecule has 0 unspecified atom stereocenters. The van der Waals surface area contributed by atoms with Crippen LogP contribution in [0.3, 0.4) is 0 Å². The van der Waals surface area contributed by atoms with Crippen molar-refractivity contribution in [2.45, 2.75) is 23.9 Å². The van der Waals surface area contributed by atoms with Gasteiger partial charge in [0.15, 0.2) is 16.7 Å². The van der Waals surface area contributed by atoms with E-state index in [1.165, 1.54) is 18.9 Å². The van der Waals surface area contributed by atoms with E-state index in [0.717, 1.165) is 11.3 Å². The second-order valence-corrected chi connectivity index (χ2v) is 10.8. The van der Waals surface area contributed by atoms with Gasteiger partial charge in [0.2, 0.25) is 6.54 Å². The number of nitrogens with zero attached hydrogens (tertiary/aromatic N) is 4. The van der Waals surface area contributed by atoms with Crippen molar-refractivity contribution in [3.63, 3.8) is 0 Å². The van der Waals surface area contributed by atoms with Gasteiger partial charge in [0, 0.05) is 20.7 Å². The smallest absolute Gasteiger partial charge is 0.220 e. The molecular weight excluding hydrogens is 603 g/mol. The normalized spacial score (nSPS) is 11.8. The maximum absolute atomic E-state index is 11.6. The average Bonchev–Trinajstić information content (AvgIpc) is 3.23. The monoisotopic (exact) mass is 622 g/mol. The second kappa shape index (κ2) is 12.2. The standard InChI is InChI=1S/C25H21BrCl2N4O4S/c1-15-29-30-25(32(15)20-9-7-19(28)8-10-20)37-23(13-31(33)34)17-11-21(26)24(22(12-17)35-2)36-14-16-3-5-18(27)6-4-16/h3-12,23H,13-14H2,1-2H3/t23-/m0/s1. The number of aryl methyl sites for hydroxylation is 1. The highest BCUT2D eigenvalue weighted by Gasteiger charge is 2.26. The van der Waals surface area contributed by atoms with Crippen molar-refractivity contribution in [1.82, 2.24) is 14.8 Å². The maximum atomic E-state index is 11.6. The van der Waals surface area contributed by atoms with Crippen LogP contribution in [0.15, 0.2) is 70.3 Å². The van der Waals surface area contributed by atoms with Crippen molar-refractivity contribution in [1.29, 1.82) is 0 Å². The second-order valence-electron chi connectivity index (χ2n) is 7.91. The van der Waals surface area contributed by atoms with Gasteiger partial charge in [0.25, 0.3) is 0 Å². The third-order valence-electron chi connectivity index (χ3n) is 5.36. The zero-order valence-corrected chi connectivity index (χ0v) is 23.6. The molecule has 0 amide bonds. The quantitative estimate of drug-likeness (QED) is 0.104. The highest BCUT2D eigenvalue weighted by atomic mass is 79.9. The van der Waals surface area contributed by atoms with Crippen molar-refractivity contribution in [3.8, 4) is 17.2 Å². The van der Waals surface area contributed by atoms with Crippen LogP contribution in [-0.4, -0.2) is 33.3 Å². The number of hydrogen-bond donors (Lipinski definition) is 0. The maximum Gasteiger partial charge on any atom is 0.220 e. The number of methoxy groups -OCH3 is 1. The fourth-order valence-electron chi connectivity index (χ4n) is 3.58. The van der Waals surface area contributed by atoms with Crippen LogP contribution in [0.4, 0.5) is 0 Å². The Morgan fingerprint density at radius 3 is 2.35 bits per heavy atom. The van der Waals surface area contributed by atoms with Crippen LogP contribution < -0.4 is 9.47 Å². The minimum Gasteiger partial charge on any atom is -0.493 e. The molecule has 0 saturated carbocycles. The third kappa shape index (κ3) is 6.75. The number of rotatable bonds is 10. The van der Waals surface area contributed by atoms with Gasteiger partial charge >= 0.3 is 0 Å². The molecule has 37 heavy (non-hydrogen) atoms. The molecule has 0 N–H and O–H groups in total. The molecule has 0 fully saturated rings. The highest BCUT2D eigenvalue weighted by molar-refractivity contribution is 9.10. The molecule has 0 spiro atoms. The van der Waals surface area contributed by atoms with Crippen molar-refractivity contribution in [2.24, 2.45) is 0 Å². The zero-order chi connectivity index (χ0) is 26.5. The molecule has 0 bridgehead atoms. The summed E-state index contributed by atoms with van der Waals surface area (Å²) in [6.07, 6.45) is 0. The van der Waals surface area contributed by atoms with Gasteiger partial charge in [-0.05, 0) is 82.5 Å². The lowest BCUT2D eigenvalue weighted by molar-refractivity contribution is -0.479. The Labute approximate surface area is 236 Å². The minimum absolute atomic E-state index is 0.294. The largest absolute Gasteiger partial charge is 0.493 e. The van der Waals surface area contributed by atoms with Crippen LogP contribution in [0.25, 0.3) is 5.69 Å². The van der Waals surface area contributed by atoms with Crippen LogP contribution in [0.1, 0.15) is 22.2 Å². The molecule has 8 nitrogen and oxygen atoms in total. The number of thioether (sulfide) groups is 1. The lowest BCUT2D eigenvalue weighted by Crippen LogP contribution is -2.12. The van der Waals surface area contributed by atoms with Gasteiger partial charge in [-0.3, -0.25) is 14.7 Å². The number of halogens is 3. The van der Waals surface area contributed by atoms with E-state index in [1.807, 2.05) is 35.8 Å². The Morgan fingerprint density at radius 2 is 1.73 bits per heavy atom. The summed E-state index contributed by atoms with van der Waals surface area (Å²) in [4.78, 5) is 11.3. The van der Waals surface area contributed by atoms with Gasteiger partial charge in [-0.15, -0.1) is 10.2 Å².